The Morgan fingerprint density at radius 2 is 1.69 bits per heavy atom. The van der Waals surface area contributed by atoms with E-state index < -0.39 is 21.9 Å². The van der Waals surface area contributed by atoms with Crippen molar-refractivity contribution in [3.8, 4) is 0 Å². The normalized spacial score (nSPS) is 11.5. The van der Waals surface area contributed by atoms with E-state index in [0.29, 0.717) is 18.8 Å². The first-order chi connectivity index (χ1) is 12.3. The predicted octanol–water partition coefficient (Wildman–Crippen LogP) is 1.94. The topological polar surface area (TPSA) is 117 Å². The molecule has 9 heteroatoms. The third-order valence-corrected chi connectivity index (χ3v) is 5.82. The number of carbonyl (C=O) groups excluding carboxylic acids is 1. The minimum Gasteiger partial charge on any atom is -0.475 e. The number of hydrogen-bond acceptors (Lipinski definition) is 5. The molecule has 2 aromatic rings. The maximum Gasteiger partial charge on any atom is 0.371 e. The number of hydrogen-bond donors (Lipinski definition) is 2. The van der Waals surface area contributed by atoms with E-state index in [9.17, 15) is 18.0 Å². The van der Waals surface area contributed by atoms with Crippen LogP contribution in [-0.4, -0.2) is 42.8 Å². The Kier molecular flexibility index (Phi) is 6.17. The summed E-state index contributed by atoms with van der Waals surface area (Å²) in [5, 5.41) is 11.4. The SMILES string of the molecule is CCN(CC)S(=O)(=O)c1ccc(C(=O)NCc2ccc(C(=O)O)o2)cc1. The van der Waals surface area contributed by atoms with Crippen LogP contribution >= 0.6 is 0 Å². The first-order valence-corrected chi connectivity index (χ1v) is 9.44. The Balaban J connectivity index is 2.05. The molecule has 1 aromatic carbocycles. The minimum absolute atomic E-state index is 0.0195. The molecule has 0 bridgehead atoms. The van der Waals surface area contributed by atoms with Gasteiger partial charge in [-0.15, -0.1) is 0 Å². The van der Waals surface area contributed by atoms with Gasteiger partial charge >= 0.3 is 5.97 Å². The van der Waals surface area contributed by atoms with Crippen LogP contribution in [0, 0.1) is 0 Å². The second-order valence-corrected chi connectivity index (χ2v) is 7.31. The highest BCUT2D eigenvalue weighted by Crippen LogP contribution is 2.16. The molecular formula is C17H20N2O6S. The van der Waals surface area contributed by atoms with Crippen molar-refractivity contribution in [3.63, 3.8) is 0 Å². The summed E-state index contributed by atoms with van der Waals surface area (Å²) in [6.07, 6.45) is 0. The van der Waals surface area contributed by atoms with E-state index in [-0.39, 0.29) is 22.8 Å². The van der Waals surface area contributed by atoms with E-state index in [1.54, 1.807) is 13.8 Å². The molecule has 0 radical (unpaired) electrons. The number of nitrogens with one attached hydrogen (secondary N) is 1. The van der Waals surface area contributed by atoms with E-state index in [0.717, 1.165) is 0 Å². The molecule has 2 N–H and O–H groups in total. The molecule has 1 amide bonds. The van der Waals surface area contributed by atoms with E-state index in [2.05, 4.69) is 5.32 Å². The molecule has 0 atom stereocenters. The van der Waals surface area contributed by atoms with Crippen LogP contribution in [-0.2, 0) is 16.6 Å². The number of carboxylic acid groups (broad SMARTS) is 1. The maximum absolute atomic E-state index is 12.4. The van der Waals surface area contributed by atoms with Crippen molar-refractivity contribution < 1.29 is 27.5 Å². The van der Waals surface area contributed by atoms with Gasteiger partial charge < -0.3 is 14.8 Å². The largest absolute Gasteiger partial charge is 0.475 e. The lowest BCUT2D eigenvalue weighted by Crippen LogP contribution is -2.30. The number of carboxylic acids is 1. The second-order valence-electron chi connectivity index (χ2n) is 5.37. The van der Waals surface area contributed by atoms with Crippen molar-refractivity contribution in [2.45, 2.75) is 25.3 Å². The summed E-state index contributed by atoms with van der Waals surface area (Å²) in [7, 11) is -3.57. The van der Waals surface area contributed by atoms with Gasteiger partial charge in [-0.2, -0.15) is 4.31 Å². The number of sulfonamides is 1. The zero-order valence-corrected chi connectivity index (χ0v) is 15.2. The fourth-order valence-electron chi connectivity index (χ4n) is 2.35. The molecular weight excluding hydrogens is 360 g/mol. The zero-order valence-electron chi connectivity index (χ0n) is 14.4. The number of amides is 1. The van der Waals surface area contributed by atoms with Gasteiger partial charge in [-0.1, -0.05) is 13.8 Å². The fourth-order valence-corrected chi connectivity index (χ4v) is 3.81. The van der Waals surface area contributed by atoms with E-state index >= 15 is 0 Å². The third-order valence-electron chi connectivity index (χ3n) is 3.76. The summed E-state index contributed by atoms with van der Waals surface area (Å²) in [4.78, 5) is 23.0. The smallest absolute Gasteiger partial charge is 0.371 e. The van der Waals surface area contributed by atoms with Gasteiger partial charge in [0, 0.05) is 18.7 Å². The van der Waals surface area contributed by atoms with Crippen molar-refractivity contribution in [2.75, 3.05) is 13.1 Å². The van der Waals surface area contributed by atoms with Crippen LogP contribution in [0.2, 0.25) is 0 Å². The molecule has 0 saturated heterocycles. The molecule has 0 fully saturated rings. The number of rotatable bonds is 8. The lowest BCUT2D eigenvalue weighted by Gasteiger charge is -2.18. The Labute approximate surface area is 151 Å². The van der Waals surface area contributed by atoms with E-state index in [1.807, 2.05) is 0 Å². The lowest BCUT2D eigenvalue weighted by molar-refractivity contribution is 0.0660. The zero-order chi connectivity index (χ0) is 19.3. The van der Waals surface area contributed by atoms with Gasteiger partial charge in [-0.25, -0.2) is 13.2 Å². The Morgan fingerprint density at radius 1 is 1.08 bits per heavy atom. The predicted molar refractivity (Wildman–Crippen MR) is 93.4 cm³/mol. The number of benzene rings is 1. The van der Waals surface area contributed by atoms with Gasteiger partial charge in [0.15, 0.2) is 0 Å². The standard InChI is InChI=1S/C17H20N2O6S/c1-3-19(4-2)26(23,24)14-8-5-12(6-9-14)16(20)18-11-13-7-10-15(25-13)17(21)22/h5-10H,3-4,11H2,1-2H3,(H,18,20)(H,21,22). The molecule has 0 saturated carbocycles. The van der Waals surface area contributed by atoms with Gasteiger partial charge in [0.2, 0.25) is 15.8 Å². The van der Waals surface area contributed by atoms with Crippen molar-refractivity contribution in [2.24, 2.45) is 0 Å². The van der Waals surface area contributed by atoms with Crippen molar-refractivity contribution in [1.82, 2.24) is 9.62 Å². The molecule has 140 valence electrons. The molecule has 1 aromatic heterocycles. The highest BCUT2D eigenvalue weighted by Gasteiger charge is 2.21. The Morgan fingerprint density at radius 3 is 2.19 bits per heavy atom. The van der Waals surface area contributed by atoms with Crippen molar-refractivity contribution in [1.29, 1.82) is 0 Å². The van der Waals surface area contributed by atoms with Crippen LogP contribution in [0.1, 0.15) is 40.5 Å². The van der Waals surface area contributed by atoms with E-state index in [1.165, 1.54) is 40.7 Å². The summed E-state index contributed by atoms with van der Waals surface area (Å²) in [5.74, 6) is -1.52. The summed E-state index contributed by atoms with van der Waals surface area (Å²) >= 11 is 0. The summed E-state index contributed by atoms with van der Waals surface area (Å²) in [6, 6.07) is 8.39. The molecule has 26 heavy (non-hydrogen) atoms. The van der Waals surface area contributed by atoms with Crippen LogP contribution in [0.15, 0.2) is 45.7 Å². The van der Waals surface area contributed by atoms with Crippen LogP contribution < -0.4 is 5.32 Å². The van der Waals surface area contributed by atoms with Gasteiger partial charge in [0.25, 0.3) is 5.91 Å². The number of nitrogens with zero attached hydrogens (tertiary/aromatic N) is 1. The van der Waals surface area contributed by atoms with Crippen LogP contribution in [0.3, 0.4) is 0 Å². The Hall–Kier alpha value is -2.65. The number of aromatic carboxylic acids is 1. The highest BCUT2D eigenvalue weighted by molar-refractivity contribution is 7.89. The van der Waals surface area contributed by atoms with Crippen molar-refractivity contribution >= 4 is 21.9 Å². The Bertz CT molecular complexity index is 882. The molecule has 0 aliphatic rings. The third kappa shape index (κ3) is 4.30. The van der Waals surface area contributed by atoms with Gasteiger partial charge in [-0.05, 0) is 36.4 Å². The van der Waals surface area contributed by atoms with Crippen molar-refractivity contribution in [3.05, 3.63) is 53.5 Å². The summed E-state index contributed by atoms with van der Waals surface area (Å²) < 4.78 is 31.2. The molecule has 1 heterocycles. The van der Waals surface area contributed by atoms with Crippen LogP contribution in [0.25, 0.3) is 0 Å². The quantitative estimate of drug-likeness (QED) is 0.723. The van der Waals surface area contributed by atoms with E-state index in [4.69, 9.17) is 9.52 Å². The lowest BCUT2D eigenvalue weighted by atomic mass is 10.2. The maximum atomic E-state index is 12.4. The van der Waals surface area contributed by atoms with Gasteiger partial charge in [-0.3, -0.25) is 4.79 Å². The minimum atomic E-state index is -3.57. The summed E-state index contributed by atoms with van der Waals surface area (Å²) in [6.45, 7) is 4.26. The molecule has 8 nitrogen and oxygen atoms in total. The number of carbonyl (C=O) groups is 2. The first kappa shape index (κ1) is 19.7. The molecule has 0 aliphatic heterocycles. The first-order valence-electron chi connectivity index (χ1n) is 8.00. The van der Waals surface area contributed by atoms with Gasteiger partial charge in [0.1, 0.15) is 5.76 Å². The van der Waals surface area contributed by atoms with Crippen LogP contribution in [0.5, 0.6) is 0 Å². The average Bonchev–Trinajstić information content (AvgIpc) is 3.10. The average molecular weight is 380 g/mol. The van der Waals surface area contributed by atoms with Crippen LogP contribution in [0.4, 0.5) is 0 Å². The molecule has 0 spiro atoms. The molecule has 0 unspecified atom stereocenters. The number of furan rings is 1. The fraction of sp³-hybridized carbons (Fsp3) is 0.294. The molecule has 0 aliphatic carbocycles. The second kappa shape index (κ2) is 8.15. The monoisotopic (exact) mass is 380 g/mol. The molecule has 2 rings (SSSR count). The summed E-state index contributed by atoms with van der Waals surface area (Å²) in [5.41, 5.74) is 0.286. The van der Waals surface area contributed by atoms with Gasteiger partial charge in [0.05, 0.1) is 11.4 Å². The highest BCUT2D eigenvalue weighted by atomic mass is 32.2.